The summed E-state index contributed by atoms with van der Waals surface area (Å²) >= 11 is 0. The van der Waals surface area contributed by atoms with Crippen LogP contribution in [0.15, 0.2) is 46.6 Å². The zero-order valence-electron chi connectivity index (χ0n) is 12.6. The highest BCUT2D eigenvalue weighted by molar-refractivity contribution is 5.50. The maximum Gasteiger partial charge on any atom is -0.00584 e. The van der Waals surface area contributed by atoms with Crippen molar-refractivity contribution in [2.24, 2.45) is 0 Å². The molecule has 0 heteroatoms. The van der Waals surface area contributed by atoms with Crippen molar-refractivity contribution >= 4 is 0 Å². The van der Waals surface area contributed by atoms with Crippen LogP contribution in [0, 0.1) is 0 Å². The number of allylic oxidation sites excluding steroid dienone is 8. The summed E-state index contributed by atoms with van der Waals surface area (Å²) in [6, 6.07) is 0. The van der Waals surface area contributed by atoms with Crippen molar-refractivity contribution in [1.82, 2.24) is 0 Å². The summed E-state index contributed by atoms with van der Waals surface area (Å²) in [6.45, 7) is 8.50. The number of rotatable bonds is 0. The van der Waals surface area contributed by atoms with Crippen molar-refractivity contribution in [2.45, 2.75) is 66.2 Å². The first-order valence-electron chi connectivity index (χ1n) is 7.51. The van der Waals surface area contributed by atoms with Crippen molar-refractivity contribution in [1.29, 1.82) is 0 Å². The maximum absolute atomic E-state index is 2.32. The van der Waals surface area contributed by atoms with Gasteiger partial charge in [0.05, 0.1) is 0 Å². The zero-order chi connectivity index (χ0) is 13.4. The molecule has 0 aliphatic heterocycles. The Morgan fingerprint density at radius 3 is 1.39 bits per heavy atom. The normalized spacial score (nSPS) is 18.9. The fourth-order valence-corrected chi connectivity index (χ4v) is 2.38. The Morgan fingerprint density at radius 1 is 0.722 bits per heavy atom. The first-order valence-corrected chi connectivity index (χ1v) is 7.51. The molecule has 0 N–H and O–H groups in total. The monoisotopic (exact) mass is 244 g/mol. The predicted molar refractivity (Wildman–Crippen MR) is 82.7 cm³/mol. The van der Waals surface area contributed by atoms with Crippen molar-refractivity contribution in [2.75, 3.05) is 0 Å². The fraction of sp³-hybridized carbons (Fsp3) is 0.556. The second-order valence-electron chi connectivity index (χ2n) is 5.24. The molecule has 0 heterocycles. The standard InChI is InChI=1S/C12H12.2C3H8/c1-3-9-7-11-5-2-6-12(11)8-10(9)4-1;2*1-3-2/h1-3,6H,4-5,7-8H2;2*3H2,1-2H3. The Labute approximate surface area is 113 Å². The lowest BCUT2D eigenvalue weighted by Gasteiger charge is -2.16. The summed E-state index contributed by atoms with van der Waals surface area (Å²) < 4.78 is 0. The molecule has 100 valence electrons. The van der Waals surface area contributed by atoms with Gasteiger partial charge in [0.2, 0.25) is 0 Å². The van der Waals surface area contributed by atoms with E-state index in [0.29, 0.717) is 0 Å². The molecular formula is C18H28. The van der Waals surface area contributed by atoms with E-state index in [1.165, 1.54) is 38.5 Å². The molecule has 0 atom stereocenters. The van der Waals surface area contributed by atoms with Gasteiger partial charge in [0.1, 0.15) is 0 Å². The molecule has 0 fully saturated rings. The molecule has 0 bridgehead atoms. The van der Waals surface area contributed by atoms with Gasteiger partial charge in [-0.3, -0.25) is 0 Å². The Hall–Kier alpha value is -1.04. The molecule has 0 unspecified atom stereocenters. The molecule has 0 aromatic heterocycles. The third kappa shape index (κ3) is 4.01. The summed E-state index contributed by atoms with van der Waals surface area (Å²) in [6.07, 6.45) is 16.6. The molecule has 0 nitrogen and oxygen atoms in total. The van der Waals surface area contributed by atoms with Gasteiger partial charge in [0.15, 0.2) is 0 Å². The minimum atomic E-state index is 1.21. The zero-order valence-corrected chi connectivity index (χ0v) is 12.6. The second-order valence-corrected chi connectivity index (χ2v) is 5.24. The highest BCUT2D eigenvalue weighted by Gasteiger charge is 2.20. The smallest absolute Gasteiger partial charge is 0.00584 e. The quantitative estimate of drug-likeness (QED) is 0.481. The summed E-state index contributed by atoms with van der Waals surface area (Å²) in [5, 5.41) is 0. The van der Waals surface area contributed by atoms with E-state index in [9.17, 15) is 0 Å². The SMILES string of the molecule is C1=CC2=C(C1)CC1=C(CC=C1)C2.CCC.CCC. The molecule has 0 saturated heterocycles. The Balaban J connectivity index is 0.000000234. The van der Waals surface area contributed by atoms with Crippen LogP contribution in [-0.2, 0) is 0 Å². The van der Waals surface area contributed by atoms with Crippen LogP contribution in [0.25, 0.3) is 0 Å². The van der Waals surface area contributed by atoms with Gasteiger partial charge < -0.3 is 0 Å². The topological polar surface area (TPSA) is 0 Å². The van der Waals surface area contributed by atoms with Gasteiger partial charge >= 0.3 is 0 Å². The van der Waals surface area contributed by atoms with Crippen LogP contribution < -0.4 is 0 Å². The third-order valence-electron chi connectivity index (χ3n) is 3.08. The minimum Gasteiger partial charge on any atom is -0.0802 e. The minimum absolute atomic E-state index is 1.21. The Kier molecular flexibility index (Phi) is 6.78. The summed E-state index contributed by atoms with van der Waals surface area (Å²) in [5.74, 6) is 0. The van der Waals surface area contributed by atoms with Crippen LogP contribution in [0.4, 0.5) is 0 Å². The summed E-state index contributed by atoms with van der Waals surface area (Å²) in [7, 11) is 0. The molecule has 0 amide bonds. The summed E-state index contributed by atoms with van der Waals surface area (Å²) in [4.78, 5) is 0. The van der Waals surface area contributed by atoms with Gasteiger partial charge in [-0.25, -0.2) is 0 Å². The van der Waals surface area contributed by atoms with E-state index in [4.69, 9.17) is 0 Å². The number of hydrogen-bond acceptors (Lipinski definition) is 0. The van der Waals surface area contributed by atoms with E-state index in [1.54, 1.807) is 22.3 Å². The lowest BCUT2D eigenvalue weighted by Crippen LogP contribution is -1.97. The van der Waals surface area contributed by atoms with Crippen LogP contribution in [0.1, 0.15) is 66.2 Å². The second kappa shape index (κ2) is 8.13. The summed E-state index contributed by atoms with van der Waals surface area (Å²) in [5.41, 5.74) is 6.55. The third-order valence-corrected chi connectivity index (χ3v) is 3.08. The average molecular weight is 244 g/mol. The van der Waals surface area contributed by atoms with Crippen LogP contribution in [-0.4, -0.2) is 0 Å². The molecule has 18 heavy (non-hydrogen) atoms. The van der Waals surface area contributed by atoms with Gasteiger partial charge in [-0.1, -0.05) is 76.0 Å². The molecule has 0 aromatic carbocycles. The van der Waals surface area contributed by atoms with E-state index in [1.807, 2.05) is 0 Å². The van der Waals surface area contributed by atoms with Crippen molar-refractivity contribution < 1.29 is 0 Å². The van der Waals surface area contributed by atoms with Gasteiger partial charge in [0, 0.05) is 0 Å². The molecule has 0 radical (unpaired) electrons. The maximum atomic E-state index is 2.32. The molecule has 3 aliphatic carbocycles. The first-order chi connectivity index (χ1) is 8.76. The average Bonchev–Trinajstić information content (AvgIpc) is 2.94. The van der Waals surface area contributed by atoms with E-state index < -0.39 is 0 Å². The van der Waals surface area contributed by atoms with E-state index in [0.717, 1.165) is 0 Å². The highest BCUT2D eigenvalue weighted by atomic mass is 14.3. The molecule has 0 saturated carbocycles. The highest BCUT2D eigenvalue weighted by Crippen LogP contribution is 2.40. The molecule has 0 aromatic rings. The molecule has 3 rings (SSSR count). The van der Waals surface area contributed by atoms with Crippen LogP contribution in [0.2, 0.25) is 0 Å². The van der Waals surface area contributed by atoms with Gasteiger partial charge in [-0.2, -0.15) is 0 Å². The molecular weight excluding hydrogens is 216 g/mol. The Bertz CT molecular complexity index is 337. The van der Waals surface area contributed by atoms with Crippen LogP contribution in [0.3, 0.4) is 0 Å². The van der Waals surface area contributed by atoms with Gasteiger partial charge in [-0.05, 0) is 36.8 Å². The van der Waals surface area contributed by atoms with Crippen LogP contribution >= 0.6 is 0 Å². The van der Waals surface area contributed by atoms with Crippen molar-refractivity contribution in [3.05, 3.63) is 46.6 Å². The first kappa shape index (κ1) is 15.0. The van der Waals surface area contributed by atoms with Gasteiger partial charge in [0.25, 0.3) is 0 Å². The fourth-order valence-electron chi connectivity index (χ4n) is 2.38. The number of hydrogen-bond donors (Lipinski definition) is 0. The van der Waals surface area contributed by atoms with Crippen LogP contribution in [0.5, 0.6) is 0 Å². The molecule has 0 spiro atoms. The predicted octanol–water partition coefficient (Wildman–Crippen LogP) is 6.13. The van der Waals surface area contributed by atoms with E-state index in [2.05, 4.69) is 52.0 Å². The van der Waals surface area contributed by atoms with E-state index >= 15 is 0 Å². The van der Waals surface area contributed by atoms with Crippen molar-refractivity contribution in [3.63, 3.8) is 0 Å². The van der Waals surface area contributed by atoms with Gasteiger partial charge in [-0.15, -0.1) is 0 Å². The lowest BCUT2D eigenvalue weighted by molar-refractivity contribution is 0.947. The Morgan fingerprint density at radius 2 is 1.06 bits per heavy atom. The lowest BCUT2D eigenvalue weighted by atomic mass is 9.89. The largest absolute Gasteiger partial charge is 0.0802 e. The van der Waals surface area contributed by atoms with E-state index in [-0.39, 0.29) is 0 Å². The molecule has 3 aliphatic rings. The van der Waals surface area contributed by atoms with Crippen molar-refractivity contribution in [3.8, 4) is 0 Å².